The van der Waals surface area contributed by atoms with Crippen molar-refractivity contribution in [3.05, 3.63) is 33.8 Å². The van der Waals surface area contributed by atoms with Crippen molar-refractivity contribution < 1.29 is 4.79 Å². The van der Waals surface area contributed by atoms with Gasteiger partial charge in [0.25, 0.3) is 0 Å². The van der Waals surface area contributed by atoms with Gasteiger partial charge < -0.3 is 5.32 Å². The molecule has 1 N–H and O–H groups in total. The predicted molar refractivity (Wildman–Crippen MR) is 61.7 cm³/mol. The van der Waals surface area contributed by atoms with E-state index in [4.69, 9.17) is 23.2 Å². The van der Waals surface area contributed by atoms with Crippen LogP contribution >= 0.6 is 23.2 Å². The summed E-state index contributed by atoms with van der Waals surface area (Å²) in [5.74, 6) is 0.195. The molecule has 1 aliphatic rings. The summed E-state index contributed by atoms with van der Waals surface area (Å²) in [4.78, 5) is 11.7. The number of hydrogen-bond acceptors (Lipinski definition) is 2. The highest BCUT2D eigenvalue weighted by molar-refractivity contribution is 6.42. The van der Waals surface area contributed by atoms with Gasteiger partial charge in [0.2, 0.25) is 0 Å². The Balaban J connectivity index is 2.28. The molecule has 15 heavy (non-hydrogen) atoms. The standard InChI is InChI=1S/C11H11Cl2NO/c12-9-2-1-7(5-10(9)13)8-6-14-4-3-11(8)15/h1-2,5,8,14H,3-4,6H2. The molecule has 2 rings (SSSR count). The fourth-order valence-electron chi connectivity index (χ4n) is 1.78. The van der Waals surface area contributed by atoms with Crippen LogP contribution < -0.4 is 5.32 Å². The Morgan fingerprint density at radius 3 is 2.73 bits per heavy atom. The van der Waals surface area contributed by atoms with Gasteiger partial charge in [-0.2, -0.15) is 0 Å². The van der Waals surface area contributed by atoms with Crippen LogP contribution in [0.1, 0.15) is 17.9 Å². The van der Waals surface area contributed by atoms with E-state index in [1.165, 1.54) is 0 Å². The van der Waals surface area contributed by atoms with E-state index in [0.717, 1.165) is 12.1 Å². The molecule has 1 saturated heterocycles. The Hall–Kier alpha value is -0.570. The fourth-order valence-corrected chi connectivity index (χ4v) is 2.09. The number of nitrogens with one attached hydrogen (secondary N) is 1. The number of piperidine rings is 1. The summed E-state index contributed by atoms with van der Waals surface area (Å²) in [5.41, 5.74) is 0.946. The molecule has 0 aromatic heterocycles. The fraction of sp³-hybridized carbons (Fsp3) is 0.364. The Bertz CT molecular complexity index is 392. The van der Waals surface area contributed by atoms with Crippen molar-refractivity contribution >= 4 is 29.0 Å². The van der Waals surface area contributed by atoms with Crippen molar-refractivity contribution in [1.29, 1.82) is 0 Å². The predicted octanol–water partition coefficient (Wildman–Crippen LogP) is 2.64. The summed E-state index contributed by atoms with van der Waals surface area (Å²) < 4.78 is 0. The third kappa shape index (κ3) is 2.33. The molecule has 1 aromatic carbocycles. The number of halogens is 2. The minimum atomic E-state index is -0.0754. The maximum Gasteiger partial charge on any atom is 0.142 e. The Morgan fingerprint density at radius 2 is 2.07 bits per heavy atom. The van der Waals surface area contributed by atoms with Crippen LogP contribution in [0.4, 0.5) is 0 Å². The van der Waals surface area contributed by atoms with E-state index >= 15 is 0 Å². The zero-order valence-corrected chi connectivity index (χ0v) is 9.61. The van der Waals surface area contributed by atoms with Crippen molar-refractivity contribution in [3.63, 3.8) is 0 Å². The molecule has 0 saturated carbocycles. The second kappa shape index (κ2) is 4.52. The maximum absolute atomic E-state index is 11.7. The van der Waals surface area contributed by atoms with Gasteiger partial charge in [0.05, 0.1) is 16.0 Å². The molecule has 0 radical (unpaired) electrons. The average molecular weight is 244 g/mol. The first-order chi connectivity index (χ1) is 7.18. The molecule has 0 aliphatic carbocycles. The van der Waals surface area contributed by atoms with E-state index in [0.29, 0.717) is 23.0 Å². The van der Waals surface area contributed by atoms with Crippen LogP contribution in [0.2, 0.25) is 10.0 Å². The minimum Gasteiger partial charge on any atom is -0.315 e. The zero-order chi connectivity index (χ0) is 10.8. The molecule has 1 aliphatic heterocycles. The smallest absolute Gasteiger partial charge is 0.142 e. The molecule has 1 fully saturated rings. The number of carbonyl (C=O) groups excluding carboxylic acids is 1. The summed E-state index contributed by atoms with van der Waals surface area (Å²) in [6.45, 7) is 1.47. The van der Waals surface area contributed by atoms with Gasteiger partial charge in [-0.3, -0.25) is 4.79 Å². The number of hydrogen-bond donors (Lipinski definition) is 1. The molecule has 4 heteroatoms. The highest BCUT2D eigenvalue weighted by Crippen LogP contribution is 2.28. The second-order valence-corrected chi connectivity index (χ2v) is 4.46. The highest BCUT2D eigenvalue weighted by atomic mass is 35.5. The zero-order valence-electron chi connectivity index (χ0n) is 8.09. The molecule has 1 atom stereocenters. The van der Waals surface area contributed by atoms with Gasteiger partial charge >= 0.3 is 0 Å². The number of benzene rings is 1. The van der Waals surface area contributed by atoms with Crippen molar-refractivity contribution in [2.45, 2.75) is 12.3 Å². The lowest BCUT2D eigenvalue weighted by Crippen LogP contribution is -2.35. The molecule has 1 aromatic rings. The van der Waals surface area contributed by atoms with Crippen LogP contribution in [0.25, 0.3) is 0 Å². The van der Waals surface area contributed by atoms with Crippen LogP contribution in [-0.4, -0.2) is 18.9 Å². The molecule has 0 bridgehead atoms. The minimum absolute atomic E-state index is 0.0754. The first-order valence-electron chi connectivity index (χ1n) is 4.87. The first kappa shape index (κ1) is 10.9. The Labute approximate surface area is 98.6 Å². The van der Waals surface area contributed by atoms with E-state index in [-0.39, 0.29) is 11.7 Å². The molecule has 1 heterocycles. The lowest BCUT2D eigenvalue weighted by Gasteiger charge is -2.22. The van der Waals surface area contributed by atoms with Crippen LogP contribution in [-0.2, 0) is 4.79 Å². The number of carbonyl (C=O) groups is 1. The van der Waals surface area contributed by atoms with Gasteiger partial charge in [0.1, 0.15) is 5.78 Å². The van der Waals surface area contributed by atoms with Crippen molar-refractivity contribution in [1.82, 2.24) is 5.32 Å². The SMILES string of the molecule is O=C1CCNCC1c1ccc(Cl)c(Cl)c1. The number of Topliss-reactive ketones (excluding diaryl/α,β-unsaturated/α-hetero) is 1. The van der Waals surface area contributed by atoms with E-state index in [2.05, 4.69) is 5.32 Å². The third-order valence-electron chi connectivity index (χ3n) is 2.63. The molecule has 2 nitrogen and oxygen atoms in total. The first-order valence-corrected chi connectivity index (χ1v) is 5.62. The van der Waals surface area contributed by atoms with E-state index in [1.54, 1.807) is 12.1 Å². The van der Waals surface area contributed by atoms with Crippen molar-refractivity contribution in [2.24, 2.45) is 0 Å². The van der Waals surface area contributed by atoms with E-state index in [1.807, 2.05) is 6.07 Å². The van der Waals surface area contributed by atoms with Gasteiger partial charge in [0.15, 0.2) is 0 Å². The van der Waals surface area contributed by atoms with E-state index in [9.17, 15) is 4.79 Å². The second-order valence-electron chi connectivity index (χ2n) is 3.65. The topological polar surface area (TPSA) is 29.1 Å². The quantitative estimate of drug-likeness (QED) is 0.822. The van der Waals surface area contributed by atoms with Crippen molar-refractivity contribution in [2.75, 3.05) is 13.1 Å². The monoisotopic (exact) mass is 243 g/mol. The maximum atomic E-state index is 11.7. The van der Waals surface area contributed by atoms with Gasteiger partial charge in [-0.05, 0) is 17.7 Å². The molecule has 80 valence electrons. The molecule has 0 spiro atoms. The lowest BCUT2D eigenvalue weighted by atomic mass is 9.90. The van der Waals surface area contributed by atoms with Gasteiger partial charge in [-0.1, -0.05) is 29.3 Å². The lowest BCUT2D eigenvalue weighted by molar-refractivity contribution is -0.121. The molecule has 0 amide bonds. The van der Waals surface area contributed by atoms with Gasteiger partial charge in [0, 0.05) is 19.5 Å². The summed E-state index contributed by atoms with van der Waals surface area (Å²) in [7, 11) is 0. The number of rotatable bonds is 1. The molecular weight excluding hydrogens is 233 g/mol. The normalized spacial score (nSPS) is 21.7. The Kier molecular flexibility index (Phi) is 3.29. The highest BCUT2D eigenvalue weighted by Gasteiger charge is 2.23. The van der Waals surface area contributed by atoms with Crippen LogP contribution in [0.3, 0.4) is 0 Å². The van der Waals surface area contributed by atoms with E-state index < -0.39 is 0 Å². The van der Waals surface area contributed by atoms with Gasteiger partial charge in [-0.25, -0.2) is 0 Å². The summed E-state index contributed by atoms with van der Waals surface area (Å²) in [5, 5.41) is 4.23. The summed E-state index contributed by atoms with van der Waals surface area (Å²) >= 11 is 11.7. The molecule has 1 unspecified atom stereocenters. The summed E-state index contributed by atoms with van der Waals surface area (Å²) in [6.07, 6.45) is 0.588. The summed E-state index contributed by atoms with van der Waals surface area (Å²) in [6, 6.07) is 5.38. The third-order valence-corrected chi connectivity index (χ3v) is 3.37. The Morgan fingerprint density at radius 1 is 1.27 bits per heavy atom. The number of ketones is 1. The average Bonchev–Trinajstić information content (AvgIpc) is 2.23. The van der Waals surface area contributed by atoms with Crippen LogP contribution in [0.15, 0.2) is 18.2 Å². The largest absolute Gasteiger partial charge is 0.315 e. The van der Waals surface area contributed by atoms with Gasteiger partial charge in [-0.15, -0.1) is 0 Å². The van der Waals surface area contributed by atoms with Crippen molar-refractivity contribution in [3.8, 4) is 0 Å². The van der Waals surface area contributed by atoms with Crippen LogP contribution in [0.5, 0.6) is 0 Å². The molecular formula is C11H11Cl2NO. The van der Waals surface area contributed by atoms with Crippen LogP contribution in [0, 0.1) is 0 Å².